The van der Waals surface area contributed by atoms with Crippen LogP contribution < -0.4 is 5.32 Å². The van der Waals surface area contributed by atoms with Gasteiger partial charge in [0.15, 0.2) is 5.58 Å². The Morgan fingerprint density at radius 2 is 2.23 bits per heavy atom. The lowest BCUT2D eigenvalue weighted by atomic mass is 9.99. The Kier molecular flexibility index (Phi) is 3.96. The van der Waals surface area contributed by atoms with Gasteiger partial charge in [-0.1, -0.05) is 17.3 Å². The van der Waals surface area contributed by atoms with Gasteiger partial charge in [-0.15, -0.1) is 0 Å². The summed E-state index contributed by atoms with van der Waals surface area (Å²) in [6.45, 7) is 1.83. The number of hydrogen-bond acceptors (Lipinski definition) is 5. The van der Waals surface area contributed by atoms with Gasteiger partial charge >= 0.3 is 0 Å². The number of amides is 1. The van der Waals surface area contributed by atoms with Crippen molar-refractivity contribution in [2.24, 2.45) is 0 Å². The summed E-state index contributed by atoms with van der Waals surface area (Å²) >= 11 is 1.51. The van der Waals surface area contributed by atoms with Crippen LogP contribution in [0, 0.1) is 0 Å². The van der Waals surface area contributed by atoms with Crippen molar-refractivity contribution in [3.05, 3.63) is 52.3 Å². The zero-order valence-corrected chi connectivity index (χ0v) is 12.9. The van der Waals surface area contributed by atoms with Crippen LogP contribution in [0.15, 0.2) is 45.6 Å². The molecule has 0 aliphatic rings. The largest absolute Gasteiger partial charge is 0.384 e. The molecule has 0 saturated heterocycles. The summed E-state index contributed by atoms with van der Waals surface area (Å²) in [6, 6.07) is 9.26. The highest BCUT2D eigenvalue weighted by Gasteiger charge is 2.24. The van der Waals surface area contributed by atoms with Crippen molar-refractivity contribution in [3.8, 4) is 0 Å². The molecule has 0 saturated carbocycles. The van der Waals surface area contributed by atoms with Gasteiger partial charge in [0.1, 0.15) is 11.3 Å². The molecule has 22 heavy (non-hydrogen) atoms. The van der Waals surface area contributed by atoms with E-state index in [0.717, 1.165) is 10.9 Å². The molecule has 0 aliphatic carbocycles. The van der Waals surface area contributed by atoms with Crippen molar-refractivity contribution in [2.75, 3.05) is 6.54 Å². The Morgan fingerprint density at radius 3 is 3.00 bits per heavy atom. The van der Waals surface area contributed by atoms with Crippen molar-refractivity contribution in [2.45, 2.75) is 18.9 Å². The van der Waals surface area contributed by atoms with Crippen molar-refractivity contribution in [1.82, 2.24) is 10.5 Å². The number of carbonyl (C=O) groups is 1. The zero-order chi connectivity index (χ0) is 15.6. The van der Waals surface area contributed by atoms with Gasteiger partial charge in [-0.2, -0.15) is 11.3 Å². The summed E-state index contributed by atoms with van der Waals surface area (Å²) in [4.78, 5) is 12.1. The second-order valence-corrected chi connectivity index (χ2v) is 6.14. The molecule has 2 N–H and O–H groups in total. The van der Waals surface area contributed by atoms with Crippen LogP contribution in [-0.4, -0.2) is 22.7 Å². The fourth-order valence-electron chi connectivity index (χ4n) is 2.22. The van der Waals surface area contributed by atoms with Crippen LogP contribution in [0.1, 0.15) is 18.2 Å². The topological polar surface area (TPSA) is 75.4 Å². The first kappa shape index (κ1) is 14.7. The smallest absolute Gasteiger partial charge is 0.226 e. The first-order chi connectivity index (χ1) is 10.6. The molecule has 0 bridgehead atoms. The molecule has 0 unspecified atom stereocenters. The molecule has 1 amide bonds. The van der Waals surface area contributed by atoms with E-state index in [1.807, 2.05) is 41.1 Å². The normalized spacial score (nSPS) is 13.9. The molecule has 3 aromatic rings. The number of fused-ring (bicyclic) bond motifs is 1. The van der Waals surface area contributed by atoms with Gasteiger partial charge in [-0.3, -0.25) is 4.79 Å². The Balaban J connectivity index is 1.63. The van der Waals surface area contributed by atoms with Gasteiger partial charge in [-0.25, -0.2) is 0 Å². The van der Waals surface area contributed by atoms with Gasteiger partial charge in [0.25, 0.3) is 0 Å². The fraction of sp³-hybridized carbons (Fsp3) is 0.250. The number of aromatic nitrogens is 1. The minimum absolute atomic E-state index is 0.122. The van der Waals surface area contributed by atoms with E-state index in [1.54, 1.807) is 6.92 Å². The first-order valence-corrected chi connectivity index (χ1v) is 7.85. The van der Waals surface area contributed by atoms with Crippen LogP contribution >= 0.6 is 11.3 Å². The molecule has 5 nitrogen and oxygen atoms in total. The molecular formula is C16H16N2O3S. The first-order valence-electron chi connectivity index (χ1n) is 6.91. The molecular weight excluding hydrogens is 300 g/mol. The maximum Gasteiger partial charge on any atom is 0.226 e. The van der Waals surface area contributed by atoms with Crippen molar-refractivity contribution < 1.29 is 14.4 Å². The van der Waals surface area contributed by atoms with Crippen LogP contribution in [0.4, 0.5) is 0 Å². The highest BCUT2D eigenvalue weighted by atomic mass is 32.1. The van der Waals surface area contributed by atoms with Gasteiger partial charge in [0.05, 0.1) is 13.0 Å². The van der Waals surface area contributed by atoms with Crippen LogP contribution in [0.5, 0.6) is 0 Å². The lowest BCUT2D eigenvalue weighted by Gasteiger charge is -2.22. The number of thiophene rings is 1. The average Bonchev–Trinajstić information content (AvgIpc) is 3.16. The molecule has 114 valence electrons. The van der Waals surface area contributed by atoms with Crippen molar-refractivity contribution >= 4 is 28.2 Å². The van der Waals surface area contributed by atoms with Crippen LogP contribution in [0.2, 0.25) is 0 Å². The maximum absolute atomic E-state index is 12.1. The van der Waals surface area contributed by atoms with E-state index in [-0.39, 0.29) is 18.9 Å². The fourth-order valence-corrected chi connectivity index (χ4v) is 3.01. The Morgan fingerprint density at radius 1 is 1.41 bits per heavy atom. The van der Waals surface area contributed by atoms with Gasteiger partial charge in [-0.05, 0) is 41.4 Å². The quantitative estimate of drug-likeness (QED) is 0.758. The van der Waals surface area contributed by atoms with Gasteiger partial charge < -0.3 is 14.9 Å². The minimum Gasteiger partial charge on any atom is -0.384 e. The highest BCUT2D eigenvalue weighted by Crippen LogP contribution is 2.22. The number of aliphatic hydroxyl groups is 1. The van der Waals surface area contributed by atoms with E-state index in [0.29, 0.717) is 11.3 Å². The zero-order valence-electron chi connectivity index (χ0n) is 12.1. The third-order valence-corrected chi connectivity index (χ3v) is 4.24. The summed E-state index contributed by atoms with van der Waals surface area (Å²) in [7, 11) is 0. The predicted octanol–water partition coefficient (Wildman–Crippen LogP) is 2.46. The van der Waals surface area contributed by atoms with E-state index in [1.165, 1.54) is 11.3 Å². The molecule has 3 rings (SSSR count). The van der Waals surface area contributed by atoms with Crippen molar-refractivity contribution in [3.63, 3.8) is 0 Å². The van der Waals surface area contributed by atoms with E-state index in [2.05, 4.69) is 10.5 Å². The number of carbonyl (C=O) groups excluding carboxylic acids is 1. The molecule has 0 radical (unpaired) electrons. The molecule has 2 heterocycles. The van der Waals surface area contributed by atoms with Crippen molar-refractivity contribution in [1.29, 1.82) is 0 Å². The Hall–Kier alpha value is -2.18. The summed E-state index contributed by atoms with van der Waals surface area (Å²) in [6.07, 6.45) is 0.122. The Labute approximate surface area is 131 Å². The number of para-hydroxylation sites is 1. The number of nitrogens with zero attached hydrogens (tertiary/aromatic N) is 1. The molecule has 2 aromatic heterocycles. The monoisotopic (exact) mass is 316 g/mol. The molecule has 6 heteroatoms. The third kappa shape index (κ3) is 3.03. The lowest BCUT2D eigenvalue weighted by Crippen LogP contribution is -2.39. The second-order valence-electron chi connectivity index (χ2n) is 5.36. The predicted molar refractivity (Wildman–Crippen MR) is 84.6 cm³/mol. The second kappa shape index (κ2) is 5.90. The van der Waals surface area contributed by atoms with E-state index >= 15 is 0 Å². The van der Waals surface area contributed by atoms with Crippen LogP contribution in [0.25, 0.3) is 11.0 Å². The number of rotatable bonds is 5. The van der Waals surface area contributed by atoms with E-state index in [9.17, 15) is 9.90 Å². The standard InChI is InChI=1S/C16H16N2O3S/c1-16(20,11-6-7-22-9-11)10-17-15(19)8-13-12-4-2-3-5-14(12)21-18-13/h2-7,9,20H,8,10H2,1H3,(H,17,19)/t16-/m1/s1. The van der Waals surface area contributed by atoms with E-state index in [4.69, 9.17) is 4.52 Å². The molecule has 1 atom stereocenters. The molecule has 1 aromatic carbocycles. The number of nitrogens with one attached hydrogen (secondary N) is 1. The number of hydrogen-bond donors (Lipinski definition) is 2. The molecule has 0 fully saturated rings. The highest BCUT2D eigenvalue weighted by molar-refractivity contribution is 7.08. The molecule has 0 spiro atoms. The lowest BCUT2D eigenvalue weighted by molar-refractivity contribution is -0.121. The maximum atomic E-state index is 12.1. The van der Waals surface area contributed by atoms with Gasteiger partial charge in [0, 0.05) is 5.39 Å². The average molecular weight is 316 g/mol. The van der Waals surface area contributed by atoms with Gasteiger partial charge in [0.2, 0.25) is 5.91 Å². The SMILES string of the molecule is C[C@@](O)(CNC(=O)Cc1noc2ccccc12)c1ccsc1. The summed E-state index contributed by atoms with van der Waals surface area (Å²) in [5.41, 5.74) is 0.977. The number of benzene rings is 1. The Bertz CT molecular complexity index is 778. The molecule has 0 aliphatic heterocycles. The minimum atomic E-state index is -1.08. The summed E-state index contributed by atoms with van der Waals surface area (Å²) in [5, 5.41) is 21.7. The van der Waals surface area contributed by atoms with Crippen LogP contribution in [0.3, 0.4) is 0 Å². The van der Waals surface area contributed by atoms with E-state index < -0.39 is 5.60 Å². The third-order valence-electron chi connectivity index (χ3n) is 3.55. The summed E-state index contributed by atoms with van der Waals surface area (Å²) in [5.74, 6) is -0.199. The summed E-state index contributed by atoms with van der Waals surface area (Å²) < 4.78 is 5.18. The van der Waals surface area contributed by atoms with Crippen LogP contribution in [-0.2, 0) is 16.8 Å².